The van der Waals surface area contributed by atoms with Crippen molar-refractivity contribution in [2.45, 2.75) is 30.8 Å². The van der Waals surface area contributed by atoms with Crippen LogP contribution in [0.5, 0.6) is 0 Å². The zero-order chi connectivity index (χ0) is 22.9. The molecule has 0 N–H and O–H groups in total. The summed E-state index contributed by atoms with van der Waals surface area (Å²) in [6, 6.07) is 15.5. The number of benzene rings is 2. The normalized spacial score (nSPS) is 26.2. The topological polar surface area (TPSA) is 13.0 Å². The van der Waals surface area contributed by atoms with Gasteiger partial charge in [-0.2, -0.15) is 0 Å². The minimum atomic E-state index is -0.0317. The van der Waals surface area contributed by atoms with Gasteiger partial charge in [-0.3, -0.25) is 4.90 Å². The molecular formula is C27H35FN4S. The first-order valence-electron chi connectivity index (χ1n) is 12.1. The molecule has 0 bridgehead atoms. The van der Waals surface area contributed by atoms with Crippen LogP contribution in [0.3, 0.4) is 0 Å². The van der Waals surface area contributed by atoms with E-state index < -0.39 is 0 Å². The number of rotatable bonds is 6. The third-order valence-electron chi connectivity index (χ3n) is 7.73. The fraction of sp³-hybridized carbons (Fsp3) is 0.481. The van der Waals surface area contributed by atoms with E-state index in [0.717, 1.165) is 57.7 Å². The molecule has 2 aliphatic heterocycles. The highest BCUT2D eigenvalue weighted by Crippen LogP contribution is 2.42. The van der Waals surface area contributed by atoms with Crippen molar-refractivity contribution in [2.75, 3.05) is 58.3 Å². The number of hydrogen-bond donors (Lipinski definition) is 0. The Morgan fingerprint density at radius 2 is 1.79 bits per heavy atom. The second kappa shape index (κ2) is 9.79. The Balaban J connectivity index is 1.30. The van der Waals surface area contributed by atoms with Crippen LogP contribution in [0.25, 0.3) is 0 Å². The Kier molecular flexibility index (Phi) is 6.79. The van der Waals surface area contributed by atoms with E-state index in [2.05, 4.69) is 70.0 Å². The number of piperazine rings is 1. The van der Waals surface area contributed by atoms with Gasteiger partial charge in [0.25, 0.3) is 0 Å². The van der Waals surface area contributed by atoms with E-state index in [-0.39, 0.29) is 11.9 Å². The average molecular weight is 467 g/mol. The van der Waals surface area contributed by atoms with Crippen molar-refractivity contribution in [3.8, 4) is 0 Å². The van der Waals surface area contributed by atoms with Gasteiger partial charge in [0.05, 0.1) is 0 Å². The smallest absolute Gasteiger partial charge is 0.128 e. The molecule has 0 aromatic heterocycles. The molecule has 2 saturated heterocycles. The molecule has 0 spiro atoms. The zero-order valence-corrected chi connectivity index (χ0v) is 20.6. The largest absolute Gasteiger partial charge is 0.369 e. The fourth-order valence-corrected chi connectivity index (χ4v) is 6.57. The molecule has 4 nitrogen and oxygen atoms in total. The van der Waals surface area contributed by atoms with Crippen molar-refractivity contribution in [3.05, 3.63) is 77.0 Å². The number of hydrogen-bond acceptors (Lipinski definition) is 5. The van der Waals surface area contributed by atoms with Gasteiger partial charge in [0, 0.05) is 68.5 Å². The van der Waals surface area contributed by atoms with Crippen LogP contribution in [0.4, 0.5) is 10.1 Å². The summed E-state index contributed by atoms with van der Waals surface area (Å²) in [4.78, 5) is 7.37. The molecule has 0 amide bonds. The Morgan fingerprint density at radius 1 is 1.03 bits per heavy atom. The van der Waals surface area contributed by atoms with E-state index in [0.29, 0.717) is 12.0 Å². The molecule has 0 saturated carbocycles. The molecule has 176 valence electrons. The number of fused-ring (bicyclic) bond motifs is 1. The van der Waals surface area contributed by atoms with Gasteiger partial charge in [0.2, 0.25) is 0 Å². The first-order chi connectivity index (χ1) is 16.0. The number of halogens is 1. The molecule has 2 heterocycles. The van der Waals surface area contributed by atoms with Crippen LogP contribution in [-0.4, -0.2) is 73.5 Å². The van der Waals surface area contributed by atoms with Gasteiger partial charge in [0.1, 0.15) is 5.82 Å². The van der Waals surface area contributed by atoms with Gasteiger partial charge in [-0.15, -0.1) is 0 Å². The summed E-state index contributed by atoms with van der Waals surface area (Å²) >= 11 is 1.72. The van der Waals surface area contributed by atoms with E-state index in [4.69, 9.17) is 0 Å². The second-order valence-corrected chi connectivity index (χ2v) is 10.8. The summed E-state index contributed by atoms with van der Waals surface area (Å²) in [6.45, 7) is 10.00. The van der Waals surface area contributed by atoms with Gasteiger partial charge < -0.3 is 9.80 Å². The van der Waals surface area contributed by atoms with Crippen molar-refractivity contribution < 1.29 is 4.39 Å². The third kappa shape index (κ3) is 4.59. The van der Waals surface area contributed by atoms with Crippen molar-refractivity contribution in [3.63, 3.8) is 0 Å². The Labute approximate surface area is 202 Å². The molecule has 3 aliphatic rings. The van der Waals surface area contributed by atoms with Crippen LogP contribution in [0.1, 0.15) is 35.1 Å². The van der Waals surface area contributed by atoms with Crippen molar-refractivity contribution >= 4 is 17.6 Å². The Bertz CT molecular complexity index is 971. The quantitative estimate of drug-likeness (QED) is 0.568. The summed E-state index contributed by atoms with van der Waals surface area (Å²) in [6.07, 6.45) is 2.01. The highest BCUT2D eigenvalue weighted by Gasteiger charge is 2.41. The molecule has 2 fully saturated rings. The second-order valence-electron chi connectivity index (χ2n) is 9.74. The molecule has 2 unspecified atom stereocenters. The Hall–Kier alpha value is -1.86. The van der Waals surface area contributed by atoms with Crippen molar-refractivity contribution in [2.24, 2.45) is 0 Å². The molecule has 6 heteroatoms. The lowest BCUT2D eigenvalue weighted by atomic mass is 9.93. The Morgan fingerprint density at radius 3 is 2.48 bits per heavy atom. The predicted molar refractivity (Wildman–Crippen MR) is 137 cm³/mol. The summed E-state index contributed by atoms with van der Waals surface area (Å²) in [5.74, 6) is 0.404. The van der Waals surface area contributed by atoms with Crippen molar-refractivity contribution in [1.82, 2.24) is 14.1 Å². The van der Waals surface area contributed by atoms with E-state index in [1.807, 2.05) is 11.5 Å². The molecule has 33 heavy (non-hydrogen) atoms. The number of nitrogens with zero attached hydrogens (tertiary/aromatic N) is 4. The van der Waals surface area contributed by atoms with Crippen LogP contribution in [0, 0.1) is 5.82 Å². The molecule has 5 rings (SSSR count). The highest BCUT2D eigenvalue weighted by molar-refractivity contribution is 7.99. The van der Waals surface area contributed by atoms with Gasteiger partial charge in [0.15, 0.2) is 0 Å². The van der Waals surface area contributed by atoms with Crippen LogP contribution in [0.2, 0.25) is 0 Å². The molecule has 2 aromatic rings. The minimum absolute atomic E-state index is 0.0317. The minimum Gasteiger partial charge on any atom is -0.369 e. The first kappa shape index (κ1) is 22.9. The molecule has 1 aliphatic carbocycles. The molecule has 2 aromatic carbocycles. The lowest BCUT2D eigenvalue weighted by molar-refractivity contribution is 0.213. The monoisotopic (exact) mass is 466 g/mol. The van der Waals surface area contributed by atoms with E-state index >= 15 is 0 Å². The standard InChI is InChI=1S/C27H35FN4S/c1-4-33-32-16-14-30(15-17-32)22-11-8-20(9-12-22)23-18-31(19-26(23)29(2)3)25-13-10-21-6-5-7-24(28)27(21)25/h4-9,11-12,23,25-26H,1,10,13-19H2,2-3H3/t23-,25?,26?/m1/s1. The average Bonchev–Trinajstić information content (AvgIpc) is 3.45. The van der Waals surface area contributed by atoms with Gasteiger partial charge in [-0.05, 0) is 61.7 Å². The number of likely N-dealkylation sites (tertiary alicyclic amines) is 1. The van der Waals surface area contributed by atoms with Gasteiger partial charge in [-0.1, -0.05) is 42.8 Å². The summed E-state index contributed by atoms with van der Waals surface area (Å²) < 4.78 is 17.1. The van der Waals surface area contributed by atoms with Crippen LogP contribution in [0.15, 0.2) is 54.5 Å². The van der Waals surface area contributed by atoms with Gasteiger partial charge in [-0.25, -0.2) is 8.70 Å². The van der Waals surface area contributed by atoms with Crippen LogP contribution in [-0.2, 0) is 6.42 Å². The maximum atomic E-state index is 14.7. The number of likely N-dealkylation sites (N-methyl/N-ethyl adjacent to an activating group) is 1. The summed E-state index contributed by atoms with van der Waals surface area (Å²) in [7, 11) is 4.36. The van der Waals surface area contributed by atoms with Crippen LogP contribution < -0.4 is 4.90 Å². The van der Waals surface area contributed by atoms with E-state index in [1.165, 1.54) is 16.8 Å². The lowest BCUT2D eigenvalue weighted by Gasteiger charge is -2.35. The van der Waals surface area contributed by atoms with Crippen molar-refractivity contribution in [1.29, 1.82) is 0 Å². The number of anilines is 1. The van der Waals surface area contributed by atoms with E-state index in [1.54, 1.807) is 18.0 Å². The van der Waals surface area contributed by atoms with E-state index in [9.17, 15) is 4.39 Å². The predicted octanol–water partition coefficient (Wildman–Crippen LogP) is 4.76. The summed E-state index contributed by atoms with van der Waals surface area (Å²) in [5.41, 5.74) is 4.85. The maximum absolute atomic E-state index is 14.7. The molecular weight excluding hydrogens is 431 g/mol. The first-order valence-corrected chi connectivity index (χ1v) is 12.9. The van der Waals surface area contributed by atoms with Gasteiger partial charge >= 0.3 is 0 Å². The molecule has 0 radical (unpaired) electrons. The SMILES string of the molecule is C=CSN1CCN(c2ccc([C@H]3CN(C4CCc5cccc(F)c54)CC3N(C)C)cc2)CC1. The zero-order valence-electron chi connectivity index (χ0n) is 19.8. The fourth-order valence-electron chi connectivity index (χ4n) is 5.99. The third-order valence-corrected chi connectivity index (χ3v) is 8.55. The maximum Gasteiger partial charge on any atom is 0.128 e. The molecule has 3 atom stereocenters. The summed E-state index contributed by atoms with van der Waals surface area (Å²) in [5, 5.41) is 1.91. The lowest BCUT2D eigenvalue weighted by Crippen LogP contribution is -2.43. The number of aryl methyl sites for hydroxylation is 1. The van der Waals surface area contributed by atoms with Crippen LogP contribution >= 0.6 is 11.9 Å². The highest BCUT2D eigenvalue weighted by atomic mass is 32.2.